The summed E-state index contributed by atoms with van der Waals surface area (Å²) in [5.74, 6) is 0.990. The summed E-state index contributed by atoms with van der Waals surface area (Å²) in [7, 11) is 0. The van der Waals surface area contributed by atoms with Crippen LogP contribution in [-0.4, -0.2) is 12.0 Å². The zero-order chi connectivity index (χ0) is 8.10. The van der Waals surface area contributed by atoms with Crippen LogP contribution >= 0.6 is 24.2 Å². The van der Waals surface area contributed by atoms with Gasteiger partial charge in [0.25, 0.3) is 0 Å². The Morgan fingerprint density at radius 3 is 2.42 bits per heavy atom. The molecule has 0 saturated carbocycles. The molecule has 0 bridgehead atoms. The van der Waals surface area contributed by atoms with Crippen molar-refractivity contribution in [1.82, 2.24) is 0 Å². The highest BCUT2D eigenvalue weighted by molar-refractivity contribution is 7.98. The highest BCUT2D eigenvalue weighted by atomic mass is 35.5. The van der Waals surface area contributed by atoms with Gasteiger partial charge >= 0.3 is 0 Å². The van der Waals surface area contributed by atoms with Crippen molar-refractivity contribution in [3.05, 3.63) is 35.9 Å². The number of thioether (sulfide) groups is 1. The highest BCUT2D eigenvalue weighted by Crippen LogP contribution is 2.12. The Balaban J connectivity index is 0.00000121. The maximum Gasteiger partial charge on any atom is 0.0386 e. The lowest BCUT2D eigenvalue weighted by molar-refractivity contribution is 0.832. The number of benzene rings is 1. The zero-order valence-corrected chi connectivity index (χ0v) is 8.70. The maximum atomic E-state index is 5.88. The molecule has 3 heteroatoms. The number of halogens is 1. The second-order valence-electron chi connectivity index (χ2n) is 2.47. The van der Waals surface area contributed by atoms with Gasteiger partial charge in [0.15, 0.2) is 0 Å². The van der Waals surface area contributed by atoms with E-state index in [-0.39, 0.29) is 18.4 Å². The SMILES string of the molecule is CSC[C@H](N)c1ccccc1.Cl. The molecule has 0 amide bonds. The van der Waals surface area contributed by atoms with E-state index in [0.29, 0.717) is 0 Å². The number of rotatable bonds is 3. The number of hydrogen-bond donors (Lipinski definition) is 1. The van der Waals surface area contributed by atoms with Gasteiger partial charge in [0.2, 0.25) is 0 Å². The normalized spacial score (nSPS) is 11.8. The van der Waals surface area contributed by atoms with Crippen LogP contribution in [0.15, 0.2) is 30.3 Å². The average Bonchev–Trinajstić information content (AvgIpc) is 2.07. The standard InChI is InChI=1S/C9H13NS.ClH/c1-11-7-9(10)8-5-3-2-4-6-8;/h2-6,9H,7,10H2,1H3;1H/t9-;/m0./s1. The van der Waals surface area contributed by atoms with Crippen molar-refractivity contribution in [3.63, 3.8) is 0 Å². The molecule has 0 aromatic heterocycles. The van der Waals surface area contributed by atoms with Crippen molar-refractivity contribution in [1.29, 1.82) is 0 Å². The highest BCUT2D eigenvalue weighted by Gasteiger charge is 2.01. The van der Waals surface area contributed by atoms with Gasteiger partial charge in [-0.25, -0.2) is 0 Å². The molecule has 1 aromatic carbocycles. The summed E-state index contributed by atoms with van der Waals surface area (Å²) in [4.78, 5) is 0. The summed E-state index contributed by atoms with van der Waals surface area (Å²) < 4.78 is 0. The summed E-state index contributed by atoms with van der Waals surface area (Å²) >= 11 is 1.78. The van der Waals surface area contributed by atoms with E-state index in [9.17, 15) is 0 Å². The molecule has 0 saturated heterocycles. The lowest BCUT2D eigenvalue weighted by Gasteiger charge is -2.08. The Hall–Kier alpha value is -0.180. The maximum absolute atomic E-state index is 5.88. The van der Waals surface area contributed by atoms with Crippen LogP contribution in [0, 0.1) is 0 Å². The third-order valence-electron chi connectivity index (χ3n) is 1.57. The van der Waals surface area contributed by atoms with Crippen molar-refractivity contribution in [2.45, 2.75) is 6.04 Å². The van der Waals surface area contributed by atoms with Crippen molar-refractivity contribution >= 4 is 24.2 Å². The first-order valence-corrected chi connectivity index (χ1v) is 5.03. The quantitative estimate of drug-likeness (QED) is 0.817. The van der Waals surface area contributed by atoms with E-state index >= 15 is 0 Å². The Morgan fingerprint density at radius 2 is 1.92 bits per heavy atom. The minimum absolute atomic E-state index is 0. The van der Waals surface area contributed by atoms with Crippen LogP contribution < -0.4 is 5.73 Å². The fourth-order valence-electron chi connectivity index (χ4n) is 0.976. The van der Waals surface area contributed by atoms with E-state index in [0.717, 1.165) is 5.75 Å². The molecule has 68 valence electrons. The first kappa shape index (κ1) is 11.8. The Bertz CT molecular complexity index is 203. The smallest absolute Gasteiger partial charge is 0.0386 e. The molecule has 0 spiro atoms. The number of hydrogen-bond acceptors (Lipinski definition) is 2. The Labute approximate surface area is 84.1 Å². The van der Waals surface area contributed by atoms with E-state index in [1.165, 1.54) is 5.56 Å². The fraction of sp³-hybridized carbons (Fsp3) is 0.333. The molecular formula is C9H14ClNS. The van der Waals surface area contributed by atoms with Gasteiger partial charge in [-0.1, -0.05) is 30.3 Å². The van der Waals surface area contributed by atoms with Gasteiger partial charge < -0.3 is 5.73 Å². The van der Waals surface area contributed by atoms with Gasteiger partial charge in [0.1, 0.15) is 0 Å². The van der Waals surface area contributed by atoms with Gasteiger partial charge in [-0.15, -0.1) is 12.4 Å². The van der Waals surface area contributed by atoms with Crippen LogP contribution in [0.2, 0.25) is 0 Å². The Kier molecular flexibility index (Phi) is 6.25. The van der Waals surface area contributed by atoms with Crippen molar-refractivity contribution in [2.24, 2.45) is 5.73 Å². The minimum Gasteiger partial charge on any atom is -0.323 e. The largest absolute Gasteiger partial charge is 0.323 e. The van der Waals surface area contributed by atoms with Crippen LogP contribution in [0.4, 0.5) is 0 Å². The molecule has 1 aromatic rings. The third kappa shape index (κ3) is 3.48. The molecule has 2 N–H and O–H groups in total. The molecule has 0 radical (unpaired) electrons. The molecule has 0 heterocycles. The van der Waals surface area contributed by atoms with Crippen LogP contribution in [0.1, 0.15) is 11.6 Å². The van der Waals surface area contributed by atoms with Gasteiger partial charge in [-0.05, 0) is 11.8 Å². The monoisotopic (exact) mass is 203 g/mol. The molecule has 12 heavy (non-hydrogen) atoms. The first-order chi connectivity index (χ1) is 5.34. The van der Waals surface area contributed by atoms with Crippen LogP contribution in [0.5, 0.6) is 0 Å². The molecule has 0 aliphatic carbocycles. The lowest BCUT2D eigenvalue weighted by Crippen LogP contribution is -2.12. The van der Waals surface area contributed by atoms with Gasteiger partial charge in [0.05, 0.1) is 0 Å². The van der Waals surface area contributed by atoms with Crippen LogP contribution in [-0.2, 0) is 0 Å². The van der Waals surface area contributed by atoms with E-state index in [2.05, 4.69) is 18.4 Å². The second-order valence-corrected chi connectivity index (χ2v) is 3.38. The predicted molar refractivity (Wildman–Crippen MR) is 59.0 cm³/mol. The molecule has 1 atom stereocenters. The molecule has 0 aliphatic heterocycles. The fourth-order valence-corrected chi connectivity index (χ4v) is 1.53. The summed E-state index contributed by atoms with van der Waals surface area (Å²) in [6.07, 6.45) is 2.07. The molecule has 0 aliphatic rings. The minimum atomic E-state index is 0. The first-order valence-electron chi connectivity index (χ1n) is 3.64. The Morgan fingerprint density at radius 1 is 1.33 bits per heavy atom. The van der Waals surface area contributed by atoms with E-state index in [1.54, 1.807) is 11.8 Å². The van der Waals surface area contributed by atoms with Crippen molar-refractivity contribution < 1.29 is 0 Å². The second kappa shape index (κ2) is 6.35. The molecule has 1 nitrogen and oxygen atoms in total. The molecule has 1 rings (SSSR count). The zero-order valence-electron chi connectivity index (χ0n) is 7.07. The summed E-state index contributed by atoms with van der Waals surface area (Å²) in [5, 5.41) is 0. The molecule has 0 fully saturated rings. The summed E-state index contributed by atoms with van der Waals surface area (Å²) in [6.45, 7) is 0. The van der Waals surface area contributed by atoms with Crippen molar-refractivity contribution in [2.75, 3.05) is 12.0 Å². The molecular weight excluding hydrogens is 190 g/mol. The third-order valence-corrected chi connectivity index (χ3v) is 2.27. The van der Waals surface area contributed by atoms with Gasteiger partial charge in [0, 0.05) is 11.8 Å². The topological polar surface area (TPSA) is 26.0 Å². The summed E-state index contributed by atoms with van der Waals surface area (Å²) in [6, 6.07) is 10.4. The lowest BCUT2D eigenvalue weighted by atomic mass is 10.1. The number of nitrogens with two attached hydrogens (primary N) is 1. The molecule has 0 unspecified atom stereocenters. The van der Waals surface area contributed by atoms with Crippen molar-refractivity contribution in [3.8, 4) is 0 Å². The average molecular weight is 204 g/mol. The van der Waals surface area contributed by atoms with Crippen LogP contribution in [0.3, 0.4) is 0 Å². The summed E-state index contributed by atoms with van der Waals surface area (Å²) in [5.41, 5.74) is 7.11. The van der Waals surface area contributed by atoms with E-state index in [4.69, 9.17) is 5.73 Å². The van der Waals surface area contributed by atoms with Gasteiger partial charge in [-0.3, -0.25) is 0 Å². The predicted octanol–water partition coefficient (Wildman–Crippen LogP) is 2.47. The van der Waals surface area contributed by atoms with E-state index in [1.807, 2.05) is 18.2 Å². The van der Waals surface area contributed by atoms with Crippen LogP contribution in [0.25, 0.3) is 0 Å². The van der Waals surface area contributed by atoms with E-state index < -0.39 is 0 Å². The van der Waals surface area contributed by atoms with Gasteiger partial charge in [-0.2, -0.15) is 11.8 Å².